The number of nitrogens with zero attached hydrogens (tertiary/aromatic N) is 1. The smallest absolute Gasteiger partial charge is 0.231 e. The number of benzene rings is 1. The standard InChI is InChI=1S/C16H20N2O2/c1-4-16(2,3)9-18-15-12-8-14-13(19-10-20-14)7-11(12)5-6-17-15/h5-8H,4,9-10H2,1-3H3,(H,17,18). The Labute approximate surface area is 119 Å². The summed E-state index contributed by atoms with van der Waals surface area (Å²) in [4.78, 5) is 4.46. The van der Waals surface area contributed by atoms with Crippen molar-refractivity contribution in [2.45, 2.75) is 27.2 Å². The third-order valence-corrected chi connectivity index (χ3v) is 3.95. The molecule has 0 saturated heterocycles. The number of anilines is 1. The van der Waals surface area contributed by atoms with Gasteiger partial charge >= 0.3 is 0 Å². The minimum Gasteiger partial charge on any atom is -0.454 e. The molecule has 3 rings (SSSR count). The van der Waals surface area contributed by atoms with E-state index in [1.807, 2.05) is 24.4 Å². The van der Waals surface area contributed by atoms with E-state index in [1.165, 1.54) is 0 Å². The molecule has 2 heterocycles. The van der Waals surface area contributed by atoms with E-state index < -0.39 is 0 Å². The second-order valence-corrected chi connectivity index (χ2v) is 5.96. The average Bonchev–Trinajstić information content (AvgIpc) is 2.90. The Morgan fingerprint density at radius 1 is 1.25 bits per heavy atom. The molecule has 0 bridgehead atoms. The number of hydrogen-bond acceptors (Lipinski definition) is 4. The van der Waals surface area contributed by atoms with Crippen molar-refractivity contribution in [3.63, 3.8) is 0 Å². The maximum atomic E-state index is 5.45. The fourth-order valence-corrected chi connectivity index (χ4v) is 2.15. The number of rotatable bonds is 4. The van der Waals surface area contributed by atoms with Gasteiger partial charge in [-0.2, -0.15) is 0 Å². The molecule has 1 aromatic carbocycles. The van der Waals surface area contributed by atoms with Crippen LogP contribution in [0.2, 0.25) is 0 Å². The van der Waals surface area contributed by atoms with Crippen LogP contribution in [0, 0.1) is 5.41 Å². The lowest BCUT2D eigenvalue weighted by molar-refractivity contribution is 0.174. The first-order valence-electron chi connectivity index (χ1n) is 7.01. The van der Waals surface area contributed by atoms with E-state index in [2.05, 4.69) is 31.1 Å². The lowest BCUT2D eigenvalue weighted by atomic mass is 9.90. The van der Waals surface area contributed by atoms with Crippen LogP contribution in [0.5, 0.6) is 11.5 Å². The van der Waals surface area contributed by atoms with E-state index >= 15 is 0 Å². The van der Waals surface area contributed by atoms with Crippen LogP contribution in [0.1, 0.15) is 27.2 Å². The summed E-state index contributed by atoms with van der Waals surface area (Å²) in [6.45, 7) is 7.89. The Morgan fingerprint density at radius 2 is 2.00 bits per heavy atom. The molecule has 4 heteroatoms. The Balaban J connectivity index is 1.95. The Kier molecular flexibility index (Phi) is 3.16. The second-order valence-electron chi connectivity index (χ2n) is 5.96. The first-order chi connectivity index (χ1) is 9.59. The molecular weight excluding hydrogens is 252 g/mol. The Hall–Kier alpha value is -1.97. The highest BCUT2D eigenvalue weighted by Gasteiger charge is 2.18. The van der Waals surface area contributed by atoms with Crippen molar-refractivity contribution in [2.75, 3.05) is 18.7 Å². The molecule has 0 aliphatic carbocycles. The second kappa shape index (κ2) is 4.85. The largest absolute Gasteiger partial charge is 0.454 e. The lowest BCUT2D eigenvalue weighted by Crippen LogP contribution is -2.22. The highest BCUT2D eigenvalue weighted by atomic mass is 16.7. The molecule has 4 nitrogen and oxygen atoms in total. The molecule has 0 atom stereocenters. The number of nitrogens with one attached hydrogen (secondary N) is 1. The zero-order valence-electron chi connectivity index (χ0n) is 12.2. The van der Waals surface area contributed by atoms with Crippen molar-refractivity contribution in [2.24, 2.45) is 5.41 Å². The fraction of sp³-hybridized carbons (Fsp3) is 0.438. The molecule has 1 aromatic heterocycles. The van der Waals surface area contributed by atoms with Crippen molar-refractivity contribution in [3.05, 3.63) is 24.4 Å². The normalized spacial score (nSPS) is 13.8. The molecule has 20 heavy (non-hydrogen) atoms. The van der Waals surface area contributed by atoms with E-state index in [1.54, 1.807) is 0 Å². The third-order valence-electron chi connectivity index (χ3n) is 3.95. The summed E-state index contributed by atoms with van der Waals surface area (Å²) in [6.07, 6.45) is 2.95. The molecule has 106 valence electrons. The molecule has 1 N–H and O–H groups in total. The summed E-state index contributed by atoms with van der Waals surface area (Å²) in [7, 11) is 0. The highest BCUT2D eigenvalue weighted by molar-refractivity contribution is 5.94. The predicted molar refractivity (Wildman–Crippen MR) is 80.4 cm³/mol. The Bertz CT molecular complexity index is 638. The number of fused-ring (bicyclic) bond motifs is 2. The van der Waals surface area contributed by atoms with Crippen LogP contribution in [0.15, 0.2) is 24.4 Å². The summed E-state index contributed by atoms with van der Waals surface area (Å²) in [5.74, 6) is 2.51. The van der Waals surface area contributed by atoms with Crippen LogP contribution in [0.3, 0.4) is 0 Å². The van der Waals surface area contributed by atoms with Gasteiger partial charge in [-0.1, -0.05) is 20.8 Å². The minimum atomic E-state index is 0.250. The summed E-state index contributed by atoms with van der Waals surface area (Å²) < 4.78 is 10.9. The van der Waals surface area contributed by atoms with Crippen LogP contribution in [-0.2, 0) is 0 Å². The van der Waals surface area contributed by atoms with Gasteiger partial charge in [-0.25, -0.2) is 4.98 Å². The summed E-state index contributed by atoms with van der Waals surface area (Å²) in [5, 5.41) is 5.65. The molecular formula is C16H20N2O2. The number of pyridine rings is 1. The van der Waals surface area contributed by atoms with Crippen LogP contribution < -0.4 is 14.8 Å². The molecule has 0 saturated carbocycles. The summed E-state index contributed by atoms with van der Waals surface area (Å²) >= 11 is 0. The van der Waals surface area contributed by atoms with Gasteiger partial charge in [0.05, 0.1) is 0 Å². The number of aromatic nitrogens is 1. The van der Waals surface area contributed by atoms with Crippen molar-refractivity contribution in [1.29, 1.82) is 0 Å². The van der Waals surface area contributed by atoms with Gasteiger partial charge in [0.2, 0.25) is 6.79 Å². The first kappa shape index (κ1) is 13.0. The molecule has 0 spiro atoms. The number of ether oxygens (including phenoxy) is 2. The van der Waals surface area contributed by atoms with Gasteiger partial charge in [0, 0.05) is 18.1 Å². The van der Waals surface area contributed by atoms with Crippen LogP contribution >= 0.6 is 0 Å². The molecule has 0 radical (unpaired) electrons. The summed E-state index contributed by atoms with van der Waals surface area (Å²) in [6, 6.07) is 6.01. The zero-order valence-corrected chi connectivity index (χ0v) is 12.2. The zero-order chi connectivity index (χ0) is 14.2. The van der Waals surface area contributed by atoms with Gasteiger partial charge in [-0.05, 0) is 35.4 Å². The molecule has 1 aliphatic rings. The first-order valence-corrected chi connectivity index (χ1v) is 7.01. The molecule has 1 aliphatic heterocycles. The van der Waals surface area contributed by atoms with Gasteiger partial charge < -0.3 is 14.8 Å². The van der Waals surface area contributed by atoms with Crippen LogP contribution in [0.25, 0.3) is 10.8 Å². The van der Waals surface area contributed by atoms with Crippen molar-refractivity contribution in [1.82, 2.24) is 4.98 Å². The van der Waals surface area contributed by atoms with Crippen LogP contribution in [0.4, 0.5) is 5.82 Å². The molecule has 0 amide bonds. The topological polar surface area (TPSA) is 43.4 Å². The van der Waals surface area contributed by atoms with Crippen LogP contribution in [-0.4, -0.2) is 18.3 Å². The quantitative estimate of drug-likeness (QED) is 0.919. The van der Waals surface area contributed by atoms with Crippen molar-refractivity contribution in [3.8, 4) is 11.5 Å². The molecule has 0 unspecified atom stereocenters. The van der Waals surface area contributed by atoms with Gasteiger partial charge in [0.1, 0.15) is 5.82 Å². The van der Waals surface area contributed by atoms with Gasteiger partial charge in [0.15, 0.2) is 11.5 Å². The SMILES string of the molecule is CCC(C)(C)CNc1nccc2cc3c(cc12)OCO3. The maximum absolute atomic E-state index is 5.45. The summed E-state index contributed by atoms with van der Waals surface area (Å²) in [5.41, 5.74) is 0.250. The number of hydrogen-bond donors (Lipinski definition) is 1. The van der Waals surface area contributed by atoms with E-state index in [9.17, 15) is 0 Å². The van der Waals surface area contributed by atoms with Crippen molar-refractivity contribution < 1.29 is 9.47 Å². The van der Waals surface area contributed by atoms with E-state index in [-0.39, 0.29) is 5.41 Å². The third kappa shape index (κ3) is 2.38. The Morgan fingerprint density at radius 3 is 2.75 bits per heavy atom. The van der Waals surface area contributed by atoms with Crippen molar-refractivity contribution >= 4 is 16.6 Å². The van der Waals surface area contributed by atoms with E-state index in [0.29, 0.717) is 6.79 Å². The maximum Gasteiger partial charge on any atom is 0.231 e. The average molecular weight is 272 g/mol. The molecule has 0 fully saturated rings. The lowest BCUT2D eigenvalue weighted by Gasteiger charge is -2.23. The van der Waals surface area contributed by atoms with E-state index in [4.69, 9.17) is 9.47 Å². The van der Waals surface area contributed by atoms with E-state index in [0.717, 1.165) is 41.1 Å². The highest BCUT2D eigenvalue weighted by Crippen LogP contribution is 2.38. The van der Waals surface area contributed by atoms with Gasteiger partial charge in [-0.3, -0.25) is 0 Å². The fourth-order valence-electron chi connectivity index (χ4n) is 2.15. The molecule has 2 aromatic rings. The predicted octanol–water partition coefficient (Wildman–Crippen LogP) is 3.81. The monoisotopic (exact) mass is 272 g/mol. The minimum absolute atomic E-state index is 0.250. The van der Waals surface area contributed by atoms with Gasteiger partial charge in [-0.15, -0.1) is 0 Å². The van der Waals surface area contributed by atoms with Gasteiger partial charge in [0.25, 0.3) is 0 Å².